The number of nitrogens with two attached hydrogens (primary N) is 1. The minimum atomic E-state index is 0.0974. The Kier molecular flexibility index (Phi) is 2.83. The number of benzene rings is 2. The Hall–Kier alpha value is -1.38. The molecule has 0 saturated heterocycles. The Morgan fingerprint density at radius 2 is 1.88 bits per heavy atom. The molecule has 2 heteroatoms. The minimum absolute atomic E-state index is 0.0974. The molecule has 88 valence electrons. The molecule has 0 aliphatic heterocycles. The van der Waals surface area contributed by atoms with Crippen LogP contribution >= 0.6 is 0 Å². The maximum absolute atomic E-state index is 6.20. The topological polar surface area (TPSA) is 38.0 Å². The minimum Gasteiger partial charge on any atom is -0.323 e. The second-order valence-electron chi connectivity index (χ2n) is 4.90. The van der Waals surface area contributed by atoms with Gasteiger partial charge in [0.2, 0.25) is 0 Å². The second-order valence-corrected chi connectivity index (χ2v) is 4.90. The van der Waals surface area contributed by atoms with E-state index in [0.717, 1.165) is 12.6 Å². The van der Waals surface area contributed by atoms with Gasteiger partial charge in [0.1, 0.15) is 0 Å². The van der Waals surface area contributed by atoms with Gasteiger partial charge in [0.05, 0.1) is 0 Å². The lowest BCUT2D eigenvalue weighted by molar-refractivity contribution is 0.595. The molecule has 1 aliphatic carbocycles. The molecule has 1 aliphatic rings. The summed E-state index contributed by atoms with van der Waals surface area (Å²) in [5.74, 6) is 0. The van der Waals surface area contributed by atoms with Crippen molar-refractivity contribution in [3.63, 3.8) is 0 Å². The molecule has 0 aromatic heterocycles. The Morgan fingerprint density at radius 1 is 1.12 bits per heavy atom. The average molecular weight is 226 g/mol. The maximum atomic E-state index is 6.20. The van der Waals surface area contributed by atoms with Crippen LogP contribution in [0.15, 0.2) is 42.5 Å². The van der Waals surface area contributed by atoms with Gasteiger partial charge in [0.25, 0.3) is 0 Å². The Morgan fingerprint density at radius 3 is 2.65 bits per heavy atom. The molecule has 2 aromatic carbocycles. The highest BCUT2D eigenvalue weighted by molar-refractivity contribution is 5.83. The molecule has 1 atom stereocenters. The van der Waals surface area contributed by atoms with E-state index in [2.05, 4.69) is 47.8 Å². The molecular weight excluding hydrogens is 208 g/mol. The lowest BCUT2D eigenvalue weighted by Crippen LogP contribution is -2.28. The summed E-state index contributed by atoms with van der Waals surface area (Å²) in [6, 6.07) is 15.7. The molecule has 0 spiro atoms. The van der Waals surface area contributed by atoms with Crippen molar-refractivity contribution in [1.82, 2.24) is 5.32 Å². The predicted molar refractivity (Wildman–Crippen MR) is 71.9 cm³/mol. The molecular formula is C15H18N2. The Balaban J connectivity index is 1.78. The third-order valence-electron chi connectivity index (χ3n) is 3.41. The average Bonchev–Trinajstić information content (AvgIpc) is 3.19. The van der Waals surface area contributed by atoms with Crippen molar-refractivity contribution < 1.29 is 0 Å². The fraction of sp³-hybridized carbons (Fsp3) is 0.333. The van der Waals surface area contributed by atoms with Gasteiger partial charge in [-0.25, -0.2) is 0 Å². The summed E-state index contributed by atoms with van der Waals surface area (Å²) in [5.41, 5.74) is 7.42. The van der Waals surface area contributed by atoms with Crippen LogP contribution in [0, 0.1) is 0 Å². The van der Waals surface area contributed by atoms with E-state index in [1.54, 1.807) is 0 Å². The van der Waals surface area contributed by atoms with Crippen LogP contribution < -0.4 is 11.1 Å². The van der Waals surface area contributed by atoms with E-state index in [1.165, 1.54) is 29.2 Å². The predicted octanol–water partition coefficient (Wildman–Crippen LogP) is 2.59. The summed E-state index contributed by atoms with van der Waals surface area (Å²) in [6.07, 6.45) is 2.62. The summed E-state index contributed by atoms with van der Waals surface area (Å²) < 4.78 is 0. The molecule has 3 rings (SSSR count). The number of hydrogen-bond acceptors (Lipinski definition) is 2. The first-order valence-corrected chi connectivity index (χ1v) is 6.30. The van der Waals surface area contributed by atoms with Crippen molar-refractivity contribution in [2.45, 2.75) is 24.9 Å². The van der Waals surface area contributed by atoms with Crippen LogP contribution in [-0.2, 0) is 0 Å². The van der Waals surface area contributed by atoms with E-state index in [4.69, 9.17) is 5.73 Å². The number of rotatable bonds is 4. The van der Waals surface area contributed by atoms with Crippen molar-refractivity contribution in [2.75, 3.05) is 6.54 Å². The van der Waals surface area contributed by atoms with Gasteiger partial charge < -0.3 is 11.1 Å². The Labute approximate surface area is 102 Å². The molecule has 1 fully saturated rings. The van der Waals surface area contributed by atoms with Gasteiger partial charge in [-0.15, -0.1) is 0 Å². The van der Waals surface area contributed by atoms with Crippen LogP contribution in [0.1, 0.15) is 24.4 Å². The largest absolute Gasteiger partial charge is 0.323 e. The molecule has 1 saturated carbocycles. The summed E-state index contributed by atoms with van der Waals surface area (Å²) in [5, 5.41) is 6.02. The van der Waals surface area contributed by atoms with Crippen molar-refractivity contribution >= 4 is 10.8 Å². The molecule has 17 heavy (non-hydrogen) atoms. The van der Waals surface area contributed by atoms with Crippen LogP contribution in [0.2, 0.25) is 0 Å². The molecule has 3 N–H and O–H groups in total. The maximum Gasteiger partial charge on any atom is 0.0422 e. The molecule has 0 heterocycles. The summed E-state index contributed by atoms with van der Waals surface area (Å²) in [4.78, 5) is 0. The third kappa shape index (κ3) is 2.48. The van der Waals surface area contributed by atoms with Crippen LogP contribution in [0.5, 0.6) is 0 Å². The zero-order valence-corrected chi connectivity index (χ0v) is 9.89. The fourth-order valence-electron chi connectivity index (χ4n) is 2.14. The highest BCUT2D eigenvalue weighted by Crippen LogP contribution is 2.21. The number of fused-ring (bicyclic) bond motifs is 1. The second kappa shape index (κ2) is 4.47. The van der Waals surface area contributed by atoms with E-state index >= 15 is 0 Å². The molecule has 0 bridgehead atoms. The van der Waals surface area contributed by atoms with Gasteiger partial charge in [-0.05, 0) is 35.2 Å². The van der Waals surface area contributed by atoms with E-state index in [1.807, 2.05) is 0 Å². The van der Waals surface area contributed by atoms with E-state index in [9.17, 15) is 0 Å². The van der Waals surface area contributed by atoms with Crippen molar-refractivity contribution in [3.8, 4) is 0 Å². The van der Waals surface area contributed by atoms with Crippen LogP contribution in [-0.4, -0.2) is 12.6 Å². The van der Waals surface area contributed by atoms with E-state index < -0.39 is 0 Å². The monoisotopic (exact) mass is 226 g/mol. The van der Waals surface area contributed by atoms with Crippen molar-refractivity contribution in [1.29, 1.82) is 0 Å². The highest BCUT2D eigenvalue weighted by Gasteiger charge is 2.21. The first-order valence-electron chi connectivity index (χ1n) is 6.30. The quantitative estimate of drug-likeness (QED) is 0.841. The lowest BCUT2D eigenvalue weighted by Gasteiger charge is -2.13. The van der Waals surface area contributed by atoms with Gasteiger partial charge in [-0.3, -0.25) is 0 Å². The first kappa shape index (κ1) is 10.8. The standard InChI is InChI=1S/C15H18N2/c16-15(10-17-14-7-8-14)13-6-5-11-3-1-2-4-12(11)9-13/h1-6,9,14-15,17H,7-8,10,16H2. The van der Waals surface area contributed by atoms with Gasteiger partial charge in [0, 0.05) is 18.6 Å². The van der Waals surface area contributed by atoms with Gasteiger partial charge in [-0.1, -0.05) is 36.4 Å². The SMILES string of the molecule is NC(CNC1CC1)c1ccc2ccccc2c1. The van der Waals surface area contributed by atoms with Crippen LogP contribution in [0.3, 0.4) is 0 Å². The zero-order chi connectivity index (χ0) is 11.7. The number of nitrogens with one attached hydrogen (secondary N) is 1. The molecule has 0 radical (unpaired) electrons. The smallest absolute Gasteiger partial charge is 0.0422 e. The van der Waals surface area contributed by atoms with E-state index in [-0.39, 0.29) is 6.04 Å². The molecule has 2 aromatic rings. The van der Waals surface area contributed by atoms with Gasteiger partial charge in [-0.2, -0.15) is 0 Å². The number of hydrogen-bond donors (Lipinski definition) is 2. The summed E-state index contributed by atoms with van der Waals surface area (Å²) in [7, 11) is 0. The van der Waals surface area contributed by atoms with Crippen LogP contribution in [0.4, 0.5) is 0 Å². The summed E-state index contributed by atoms with van der Waals surface area (Å²) in [6.45, 7) is 0.878. The zero-order valence-electron chi connectivity index (χ0n) is 9.89. The molecule has 0 amide bonds. The van der Waals surface area contributed by atoms with Crippen molar-refractivity contribution in [3.05, 3.63) is 48.0 Å². The van der Waals surface area contributed by atoms with Gasteiger partial charge in [0.15, 0.2) is 0 Å². The Bertz CT molecular complexity index is 517. The summed E-state index contributed by atoms with van der Waals surface area (Å²) >= 11 is 0. The van der Waals surface area contributed by atoms with Crippen LogP contribution in [0.25, 0.3) is 10.8 Å². The van der Waals surface area contributed by atoms with E-state index in [0.29, 0.717) is 0 Å². The lowest BCUT2D eigenvalue weighted by atomic mass is 10.0. The third-order valence-corrected chi connectivity index (χ3v) is 3.41. The van der Waals surface area contributed by atoms with Crippen molar-refractivity contribution in [2.24, 2.45) is 5.73 Å². The molecule has 2 nitrogen and oxygen atoms in total. The first-order chi connectivity index (χ1) is 8.33. The normalized spacial score (nSPS) is 17.2. The molecule has 1 unspecified atom stereocenters. The van der Waals surface area contributed by atoms with Gasteiger partial charge >= 0.3 is 0 Å². The fourth-order valence-corrected chi connectivity index (χ4v) is 2.14. The highest BCUT2D eigenvalue weighted by atomic mass is 15.0.